The van der Waals surface area contributed by atoms with Gasteiger partial charge in [0, 0.05) is 12.0 Å². The van der Waals surface area contributed by atoms with Gasteiger partial charge in [-0.15, -0.1) is 0 Å². The maximum Gasteiger partial charge on any atom is 0.170 e. The van der Waals surface area contributed by atoms with Crippen molar-refractivity contribution >= 4 is 11.6 Å². The minimum Gasteiger partial charge on any atom is -0.299 e. The second kappa shape index (κ2) is 11.5. The summed E-state index contributed by atoms with van der Waals surface area (Å²) >= 11 is 0. The molecule has 0 spiro atoms. The van der Waals surface area contributed by atoms with Crippen LogP contribution < -0.4 is 0 Å². The highest BCUT2D eigenvalue weighted by Crippen LogP contribution is 2.22. The number of hydrogen-bond acceptors (Lipinski definition) is 2. The molecule has 27 heavy (non-hydrogen) atoms. The molecule has 2 rings (SSSR count). The van der Waals surface area contributed by atoms with E-state index in [0.717, 1.165) is 30.4 Å². The SMILES string of the molecule is CCCCCCc1ccc(-c2ccc(C(=O)CC(=O)CCCC)cc2)cc1. The van der Waals surface area contributed by atoms with Crippen molar-refractivity contribution in [2.45, 2.75) is 71.6 Å². The van der Waals surface area contributed by atoms with Crippen molar-refractivity contribution in [1.29, 1.82) is 0 Å². The van der Waals surface area contributed by atoms with Gasteiger partial charge in [0.2, 0.25) is 0 Å². The summed E-state index contributed by atoms with van der Waals surface area (Å²) < 4.78 is 0. The number of unbranched alkanes of at least 4 members (excludes halogenated alkanes) is 4. The first-order valence-corrected chi connectivity index (χ1v) is 10.4. The predicted octanol–water partition coefficient (Wildman–Crippen LogP) is 6.81. The average Bonchev–Trinajstić information content (AvgIpc) is 2.70. The molecule has 0 saturated carbocycles. The third-order valence-electron chi connectivity index (χ3n) is 4.98. The zero-order valence-corrected chi connectivity index (χ0v) is 16.8. The molecule has 2 heteroatoms. The minimum absolute atomic E-state index is 0.0199. The van der Waals surface area contributed by atoms with E-state index in [2.05, 4.69) is 31.2 Å². The van der Waals surface area contributed by atoms with E-state index in [-0.39, 0.29) is 18.0 Å². The maximum atomic E-state index is 12.2. The molecule has 0 aliphatic carbocycles. The molecule has 0 fully saturated rings. The van der Waals surface area contributed by atoms with E-state index in [1.165, 1.54) is 31.2 Å². The second-order valence-electron chi connectivity index (χ2n) is 7.33. The fourth-order valence-electron chi connectivity index (χ4n) is 3.21. The van der Waals surface area contributed by atoms with Crippen molar-refractivity contribution in [3.05, 3.63) is 59.7 Å². The highest BCUT2D eigenvalue weighted by atomic mass is 16.1. The summed E-state index contributed by atoms with van der Waals surface area (Å²) in [5.41, 5.74) is 4.26. The van der Waals surface area contributed by atoms with E-state index in [9.17, 15) is 9.59 Å². The van der Waals surface area contributed by atoms with Gasteiger partial charge < -0.3 is 0 Å². The van der Waals surface area contributed by atoms with Crippen LogP contribution in [0.15, 0.2) is 48.5 Å². The van der Waals surface area contributed by atoms with Crippen LogP contribution in [-0.4, -0.2) is 11.6 Å². The monoisotopic (exact) mass is 364 g/mol. The van der Waals surface area contributed by atoms with E-state index < -0.39 is 0 Å². The van der Waals surface area contributed by atoms with E-state index in [0.29, 0.717) is 12.0 Å². The first-order valence-electron chi connectivity index (χ1n) is 10.4. The number of ketones is 2. The summed E-state index contributed by atoms with van der Waals surface area (Å²) in [6.45, 7) is 4.28. The molecule has 0 heterocycles. The lowest BCUT2D eigenvalue weighted by atomic mass is 9.98. The topological polar surface area (TPSA) is 34.1 Å². The van der Waals surface area contributed by atoms with Gasteiger partial charge in [-0.05, 0) is 36.0 Å². The van der Waals surface area contributed by atoms with Crippen LogP contribution in [-0.2, 0) is 11.2 Å². The first kappa shape index (κ1) is 21.1. The Morgan fingerprint density at radius 2 is 1.30 bits per heavy atom. The largest absolute Gasteiger partial charge is 0.299 e. The zero-order chi connectivity index (χ0) is 19.5. The molecule has 0 atom stereocenters. The lowest BCUT2D eigenvalue weighted by Crippen LogP contribution is -2.07. The molecule has 0 aliphatic heterocycles. The van der Waals surface area contributed by atoms with Gasteiger partial charge in [-0.25, -0.2) is 0 Å². The van der Waals surface area contributed by atoms with Crippen LogP contribution in [0.1, 0.15) is 81.1 Å². The highest BCUT2D eigenvalue weighted by Gasteiger charge is 2.11. The minimum atomic E-state index is -0.0786. The van der Waals surface area contributed by atoms with Crippen molar-refractivity contribution in [1.82, 2.24) is 0 Å². The van der Waals surface area contributed by atoms with Gasteiger partial charge >= 0.3 is 0 Å². The molecular weight excluding hydrogens is 332 g/mol. The van der Waals surface area contributed by atoms with Gasteiger partial charge in [0.05, 0.1) is 6.42 Å². The van der Waals surface area contributed by atoms with Crippen LogP contribution in [0.3, 0.4) is 0 Å². The van der Waals surface area contributed by atoms with Crippen molar-refractivity contribution in [2.24, 2.45) is 0 Å². The molecule has 144 valence electrons. The van der Waals surface area contributed by atoms with Crippen molar-refractivity contribution < 1.29 is 9.59 Å². The summed E-state index contributed by atoms with van der Waals surface area (Å²) in [6, 6.07) is 16.3. The molecule has 0 saturated heterocycles. The number of carbonyl (C=O) groups excluding carboxylic acids is 2. The number of aryl methyl sites for hydroxylation is 1. The summed E-state index contributed by atoms with van der Waals surface area (Å²) in [7, 11) is 0. The Balaban J connectivity index is 1.92. The number of hydrogen-bond donors (Lipinski definition) is 0. The van der Waals surface area contributed by atoms with Crippen LogP contribution in [0.2, 0.25) is 0 Å². The number of rotatable bonds is 12. The number of carbonyl (C=O) groups is 2. The van der Waals surface area contributed by atoms with E-state index >= 15 is 0 Å². The van der Waals surface area contributed by atoms with E-state index in [4.69, 9.17) is 0 Å². The summed E-state index contributed by atoms with van der Waals surface area (Å²) in [5, 5.41) is 0. The molecule has 0 aromatic heterocycles. The van der Waals surface area contributed by atoms with Crippen molar-refractivity contribution in [3.63, 3.8) is 0 Å². The smallest absolute Gasteiger partial charge is 0.170 e. The average molecular weight is 365 g/mol. The Morgan fingerprint density at radius 1 is 0.704 bits per heavy atom. The molecule has 2 aromatic carbocycles. The Hall–Kier alpha value is -2.22. The Morgan fingerprint density at radius 3 is 1.89 bits per heavy atom. The number of Topliss-reactive ketones (excluding diaryl/α,β-unsaturated/α-hetero) is 2. The lowest BCUT2D eigenvalue weighted by Gasteiger charge is -2.06. The standard InChI is InChI=1S/C25H32O2/c1-3-5-7-8-9-20-11-13-21(14-12-20)22-15-17-23(18-16-22)25(27)19-24(26)10-6-4-2/h11-18H,3-10,19H2,1-2H3. The quantitative estimate of drug-likeness (QED) is 0.235. The number of benzene rings is 2. The Kier molecular flexibility index (Phi) is 8.97. The van der Waals surface area contributed by atoms with Gasteiger partial charge in [-0.1, -0.05) is 88.1 Å². The first-order chi connectivity index (χ1) is 13.1. The Bertz CT molecular complexity index is 711. The molecule has 0 aliphatic rings. The third-order valence-corrected chi connectivity index (χ3v) is 4.98. The van der Waals surface area contributed by atoms with Gasteiger partial charge in [-0.2, -0.15) is 0 Å². The van der Waals surface area contributed by atoms with Crippen LogP contribution in [0.5, 0.6) is 0 Å². The Labute approximate surface area is 164 Å². The summed E-state index contributed by atoms with van der Waals surface area (Å²) in [5.74, 6) is -0.0365. The van der Waals surface area contributed by atoms with E-state index in [1.807, 2.05) is 31.2 Å². The van der Waals surface area contributed by atoms with Crippen LogP contribution in [0, 0.1) is 0 Å². The van der Waals surface area contributed by atoms with Crippen LogP contribution >= 0.6 is 0 Å². The van der Waals surface area contributed by atoms with E-state index in [1.54, 1.807) is 0 Å². The molecule has 0 amide bonds. The molecule has 0 bridgehead atoms. The molecule has 2 aromatic rings. The zero-order valence-electron chi connectivity index (χ0n) is 16.8. The van der Waals surface area contributed by atoms with Gasteiger partial charge in [0.1, 0.15) is 5.78 Å². The van der Waals surface area contributed by atoms with Gasteiger partial charge in [0.25, 0.3) is 0 Å². The lowest BCUT2D eigenvalue weighted by molar-refractivity contribution is -0.118. The van der Waals surface area contributed by atoms with Crippen LogP contribution in [0.25, 0.3) is 11.1 Å². The molecular formula is C25H32O2. The van der Waals surface area contributed by atoms with Gasteiger partial charge in [-0.3, -0.25) is 9.59 Å². The van der Waals surface area contributed by atoms with Crippen molar-refractivity contribution in [3.8, 4) is 11.1 Å². The highest BCUT2D eigenvalue weighted by molar-refractivity contribution is 6.08. The molecule has 0 radical (unpaired) electrons. The summed E-state index contributed by atoms with van der Waals surface area (Å²) in [4.78, 5) is 24.0. The fourth-order valence-corrected chi connectivity index (χ4v) is 3.21. The van der Waals surface area contributed by atoms with Crippen LogP contribution in [0.4, 0.5) is 0 Å². The third kappa shape index (κ3) is 7.13. The van der Waals surface area contributed by atoms with Crippen molar-refractivity contribution in [2.75, 3.05) is 0 Å². The second-order valence-corrected chi connectivity index (χ2v) is 7.33. The normalized spacial score (nSPS) is 10.7. The summed E-state index contributed by atoms with van der Waals surface area (Å²) in [6.07, 6.45) is 8.64. The molecule has 0 unspecified atom stereocenters. The predicted molar refractivity (Wildman–Crippen MR) is 113 cm³/mol. The fraction of sp³-hybridized carbons (Fsp3) is 0.440. The molecule has 2 nitrogen and oxygen atoms in total. The molecule has 0 N–H and O–H groups in total. The van der Waals surface area contributed by atoms with Gasteiger partial charge in [0.15, 0.2) is 5.78 Å². The maximum absolute atomic E-state index is 12.2.